The average molecular weight is 807 g/mol. The summed E-state index contributed by atoms with van der Waals surface area (Å²) in [5.41, 5.74) is 8.79. The third-order valence-electron chi connectivity index (χ3n) is 12.9. The molecule has 1 saturated carbocycles. The second kappa shape index (κ2) is 16.5. The molecule has 3 fully saturated rings. The van der Waals surface area contributed by atoms with Gasteiger partial charge in [0.15, 0.2) is 0 Å². The Balaban J connectivity index is 0.984. The molecule has 4 heterocycles. The molecule has 4 aliphatic rings. The fourth-order valence-electron chi connectivity index (χ4n) is 9.73. The summed E-state index contributed by atoms with van der Waals surface area (Å²) in [5, 5.41) is 5.41. The van der Waals surface area contributed by atoms with Crippen molar-refractivity contribution in [2.24, 2.45) is 11.8 Å². The van der Waals surface area contributed by atoms with Crippen LogP contribution in [0.1, 0.15) is 87.7 Å². The van der Waals surface area contributed by atoms with Crippen molar-refractivity contribution >= 4 is 24.0 Å². The third-order valence-corrected chi connectivity index (χ3v) is 12.9. The predicted molar refractivity (Wildman–Crippen MR) is 219 cm³/mol. The van der Waals surface area contributed by atoms with Gasteiger partial charge in [0.05, 0.1) is 56.2 Å². The summed E-state index contributed by atoms with van der Waals surface area (Å²) in [5.74, 6) is 1.34. The van der Waals surface area contributed by atoms with E-state index in [2.05, 4.69) is 57.0 Å². The van der Waals surface area contributed by atoms with E-state index in [0.717, 1.165) is 79.1 Å². The van der Waals surface area contributed by atoms with Gasteiger partial charge in [-0.2, -0.15) is 0 Å². The van der Waals surface area contributed by atoms with Gasteiger partial charge in [0.2, 0.25) is 11.8 Å². The van der Waals surface area contributed by atoms with Crippen molar-refractivity contribution in [2.45, 2.75) is 102 Å². The number of ether oxygens (including phenoxy) is 3. The highest BCUT2D eigenvalue weighted by atomic mass is 16.5. The maximum Gasteiger partial charge on any atom is 0.407 e. The fraction of sp³-hybridized carbons (Fsp3) is 0.500. The van der Waals surface area contributed by atoms with Crippen LogP contribution in [0, 0.1) is 11.8 Å². The summed E-state index contributed by atoms with van der Waals surface area (Å²) in [6.45, 7) is 6.18. The van der Waals surface area contributed by atoms with E-state index in [-0.39, 0.29) is 41.8 Å². The van der Waals surface area contributed by atoms with Gasteiger partial charge in [0.1, 0.15) is 23.7 Å². The van der Waals surface area contributed by atoms with Gasteiger partial charge in [-0.25, -0.2) is 19.6 Å². The lowest BCUT2D eigenvalue weighted by Crippen LogP contribution is -2.56. The number of H-pyrrole nitrogens is 2. The lowest BCUT2D eigenvalue weighted by atomic mass is 9.83. The number of imidazole rings is 2. The van der Waals surface area contributed by atoms with Crippen LogP contribution in [0.5, 0.6) is 0 Å². The number of piperidine rings is 1. The van der Waals surface area contributed by atoms with Crippen molar-refractivity contribution in [1.29, 1.82) is 0 Å². The Morgan fingerprint density at radius 1 is 0.763 bits per heavy atom. The molecule has 15 nitrogen and oxygen atoms in total. The molecule has 4 aromatic rings. The number of nitrogens with one attached hydrogen (secondary N) is 4. The molecule has 4 N–H and O–H groups in total. The standard InChI is InChI=1S/C44H54N8O7/c1-23(2)36(49-43(55)58-5)41(53)51-17-7-8-35(51)39-45-21-33(47-39)27-12-15-31-25(18-27)9-10-26-19-28(13-16-32(26)31)34-22-46-40(48-34)38-29-11-14-30(20-29)52(38)42(54)37(24(3)57-4)50-44(56)59-6/h12-13,15-16,18-19,21-24,29-30,35-38H,7-11,14,17,20H2,1-6H3,(H,45,47)(H,46,48)(H,49,55)(H,50,56)/t24-,29+,30-,35+,36+,37+,38+/m1/s1. The van der Waals surface area contributed by atoms with Gasteiger partial charge in [0.25, 0.3) is 0 Å². The fourth-order valence-corrected chi connectivity index (χ4v) is 9.73. The number of methoxy groups -OCH3 is 3. The topological polar surface area (TPSA) is 184 Å². The molecular weight excluding hydrogens is 753 g/mol. The second-order valence-electron chi connectivity index (χ2n) is 16.6. The molecule has 312 valence electrons. The SMILES string of the molecule is COC(=O)N[C@H](C(=O)N1CCC[C@H]1c1ncc(-c2ccc3c(c2)CCc2cc(-c4cnc([C@@H]5[C@H]6CC[C@H](C6)N5C(=O)[C@@H](NC(=O)OC)[C@@H](C)OC)[nH]4)ccc2-3)[nH]1)C(C)C. The number of carbonyl (C=O) groups excluding carboxylic acids is 4. The molecule has 0 spiro atoms. The zero-order chi connectivity index (χ0) is 41.5. The Hall–Kier alpha value is -5.70. The number of aromatic amines is 2. The first-order chi connectivity index (χ1) is 28.5. The first kappa shape index (κ1) is 40.1. The Kier molecular flexibility index (Phi) is 11.2. The molecule has 2 aromatic heterocycles. The van der Waals surface area contributed by atoms with Gasteiger partial charge >= 0.3 is 12.2 Å². The van der Waals surface area contributed by atoms with E-state index in [9.17, 15) is 19.2 Å². The molecule has 2 aliphatic carbocycles. The Morgan fingerprint density at radius 2 is 1.36 bits per heavy atom. The molecule has 0 radical (unpaired) electrons. The number of hydrogen-bond donors (Lipinski definition) is 4. The Morgan fingerprint density at radius 3 is 1.95 bits per heavy atom. The molecule has 59 heavy (non-hydrogen) atoms. The summed E-state index contributed by atoms with van der Waals surface area (Å²) >= 11 is 0. The number of carbonyl (C=O) groups is 4. The zero-order valence-corrected chi connectivity index (χ0v) is 34.5. The molecule has 2 aromatic carbocycles. The smallest absolute Gasteiger partial charge is 0.407 e. The van der Waals surface area contributed by atoms with E-state index in [1.54, 1.807) is 6.92 Å². The Labute approximate surface area is 344 Å². The van der Waals surface area contributed by atoms with Crippen LogP contribution < -0.4 is 10.6 Å². The van der Waals surface area contributed by atoms with E-state index in [1.807, 2.05) is 36.0 Å². The lowest BCUT2D eigenvalue weighted by Gasteiger charge is -2.37. The predicted octanol–water partition coefficient (Wildman–Crippen LogP) is 6.09. The molecule has 2 saturated heterocycles. The minimum atomic E-state index is -0.887. The van der Waals surface area contributed by atoms with Crippen molar-refractivity contribution in [3.63, 3.8) is 0 Å². The zero-order valence-electron chi connectivity index (χ0n) is 34.5. The molecule has 8 rings (SSSR count). The van der Waals surface area contributed by atoms with Crippen LogP contribution in [0.4, 0.5) is 9.59 Å². The van der Waals surface area contributed by atoms with Crippen LogP contribution in [0.25, 0.3) is 33.6 Å². The van der Waals surface area contributed by atoms with Crippen LogP contribution in [-0.2, 0) is 36.6 Å². The lowest BCUT2D eigenvalue weighted by molar-refractivity contribution is -0.141. The average Bonchev–Trinajstić information content (AvgIpc) is 4.11. The summed E-state index contributed by atoms with van der Waals surface area (Å²) in [7, 11) is 4.10. The minimum Gasteiger partial charge on any atom is -0.453 e. The van der Waals surface area contributed by atoms with Crippen LogP contribution in [-0.4, -0.2) is 106 Å². The van der Waals surface area contributed by atoms with Gasteiger partial charge in [-0.15, -0.1) is 0 Å². The molecule has 0 unspecified atom stereocenters. The van der Waals surface area contributed by atoms with Crippen molar-refractivity contribution in [3.8, 4) is 33.6 Å². The molecule has 2 bridgehead atoms. The highest BCUT2D eigenvalue weighted by Gasteiger charge is 2.52. The number of likely N-dealkylation sites (tertiary alicyclic amines) is 2. The van der Waals surface area contributed by atoms with Gasteiger partial charge in [0, 0.05) is 19.7 Å². The number of benzene rings is 2. The number of rotatable bonds is 11. The molecular formula is C44H54N8O7. The number of amides is 4. The number of fused-ring (bicyclic) bond motifs is 5. The number of aryl methyl sites for hydroxylation is 2. The van der Waals surface area contributed by atoms with Crippen molar-refractivity contribution in [2.75, 3.05) is 27.9 Å². The van der Waals surface area contributed by atoms with E-state index in [0.29, 0.717) is 6.54 Å². The largest absolute Gasteiger partial charge is 0.453 e. The third kappa shape index (κ3) is 7.56. The quantitative estimate of drug-likeness (QED) is 0.139. The number of alkyl carbamates (subject to hydrolysis) is 2. The number of hydrogen-bond acceptors (Lipinski definition) is 9. The number of aromatic nitrogens is 4. The van der Waals surface area contributed by atoms with Crippen molar-refractivity contribution in [1.82, 2.24) is 40.4 Å². The van der Waals surface area contributed by atoms with E-state index < -0.39 is 30.4 Å². The summed E-state index contributed by atoms with van der Waals surface area (Å²) in [4.78, 5) is 72.3. The first-order valence-corrected chi connectivity index (χ1v) is 20.7. The number of nitrogens with zero attached hydrogens (tertiary/aromatic N) is 4. The van der Waals surface area contributed by atoms with Crippen LogP contribution in [0.15, 0.2) is 48.8 Å². The summed E-state index contributed by atoms with van der Waals surface area (Å²) < 4.78 is 15.1. The first-order valence-electron chi connectivity index (χ1n) is 20.7. The van der Waals surface area contributed by atoms with E-state index in [4.69, 9.17) is 24.2 Å². The normalized spacial score (nSPS) is 22.1. The summed E-state index contributed by atoms with van der Waals surface area (Å²) in [6, 6.07) is 11.2. The highest BCUT2D eigenvalue weighted by Crippen LogP contribution is 2.50. The van der Waals surface area contributed by atoms with Gasteiger partial charge in [-0.1, -0.05) is 38.1 Å². The van der Waals surface area contributed by atoms with E-state index >= 15 is 0 Å². The maximum absolute atomic E-state index is 14.1. The monoisotopic (exact) mass is 806 g/mol. The van der Waals surface area contributed by atoms with Crippen LogP contribution in [0.3, 0.4) is 0 Å². The molecule has 4 amide bonds. The molecule has 2 aliphatic heterocycles. The van der Waals surface area contributed by atoms with Crippen molar-refractivity contribution in [3.05, 3.63) is 71.6 Å². The second-order valence-corrected chi connectivity index (χ2v) is 16.6. The van der Waals surface area contributed by atoms with Crippen LogP contribution >= 0.6 is 0 Å². The Bertz CT molecular complexity index is 2230. The van der Waals surface area contributed by atoms with Crippen LogP contribution in [0.2, 0.25) is 0 Å². The minimum absolute atomic E-state index is 0.0749. The maximum atomic E-state index is 14.1. The van der Waals surface area contributed by atoms with Gasteiger partial charge < -0.3 is 44.6 Å². The summed E-state index contributed by atoms with van der Waals surface area (Å²) in [6.07, 6.45) is 8.09. The highest BCUT2D eigenvalue weighted by molar-refractivity contribution is 5.88. The molecule has 7 atom stereocenters. The van der Waals surface area contributed by atoms with E-state index in [1.165, 1.54) is 43.6 Å². The van der Waals surface area contributed by atoms with Crippen molar-refractivity contribution < 1.29 is 33.4 Å². The molecule has 15 heteroatoms. The van der Waals surface area contributed by atoms with Gasteiger partial charge in [-0.05, 0) is 109 Å². The van der Waals surface area contributed by atoms with Gasteiger partial charge in [-0.3, -0.25) is 9.59 Å².